The van der Waals surface area contributed by atoms with Crippen molar-refractivity contribution < 1.29 is 19.0 Å². The number of hydrogen-bond donors (Lipinski definition) is 0. The minimum absolute atomic E-state index is 0.389. The van der Waals surface area contributed by atoms with Gasteiger partial charge in [0.05, 0.1) is 31.1 Å². The van der Waals surface area contributed by atoms with Crippen molar-refractivity contribution in [3.05, 3.63) is 89.1 Å². The van der Waals surface area contributed by atoms with Crippen molar-refractivity contribution in [3.8, 4) is 22.8 Å². The van der Waals surface area contributed by atoms with Crippen LogP contribution in [0.3, 0.4) is 0 Å². The number of ether oxygens (including phenoxy) is 3. The number of pyridine rings is 1. The molecule has 29 heavy (non-hydrogen) atoms. The summed E-state index contributed by atoms with van der Waals surface area (Å²) in [5.74, 6) is 1.30. The zero-order chi connectivity index (χ0) is 20.0. The number of esters is 1. The number of hydrogen-bond acceptors (Lipinski definition) is 5. The van der Waals surface area contributed by atoms with Crippen LogP contribution in [0.5, 0.6) is 11.5 Å². The number of benzene rings is 2. The predicted octanol–water partition coefficient (Wildman–Crippen LogP) is 4.48. The molecule has 1 aliphatic carbocycles. The molecule has 0 fully saturated rings. The molecule has 0 atom stereocenters. The molecule has 2 heterocycles. The highest BCUT2D eigenvalue weighted by molar-refractivity contribution is 6.14. The van der Waals surface area contributed by atoms with Crippen molar-refractivity contribution in [2.75, 3.05) is 14.2 Å². The van der Waals surface area contributed by atoms with E-state index in [0.717, 1.165) is 28.0 Å². The molecule has 3 aromatic rings. The fourth-order valence-corrected chi connectivity index (χ4v) is 3.85. The van der Waals surface area contributed by atoms with Crippen LogP contribution in [0.15, 0.2) is 72.4 Å². The maximum Gasteiger partial charge on any atom is 0.344 e. The lowest BCUT2D eigenvalue weighted by atomic mass is 9.98. The van der Waals surface area contributed by atoms with Gasteiger partial charge in [0.2, 0.25) is 0 Å². The minimum atomic E-state index is -0.389. The van der Waals surface area contributed by atoms with Crippen LogP contribution in [0.2, 0.25) is 0 Å². The molecule has 0 unspecified atom stereocenters. The van der Waals surface area contributed by atoms with E-state index in [1.165, 1.54) is 0 Å². The van der Waals surface area contributed by atoms with E-state index in [0.29, 0.717) is 28.4 Å². The largest absolute Gasteiger partial charge is 0.497 e. The van der Waals surface area contributed by atoms with Gasteiger partial charge in [-0.05, 0) is 29.8 Å². The van der Waals surface area contributed by atoms with E-state index in [9.17, 15) is 4.79 Å². The van der Waals surface area contributed by atoms with Gasteiger partial charge in [-0.25, -0.2) is 4.79 Å². The molecule has 5 heteroatoms. The number of fused-ring (bicyclic) bond motifs is 3. The Hall–Kier alpha value is -3.86. The second-order valence-corrected chi connectivity index (χ2v) is 6.70. The Labute approximate surface area is 167 Å². The molecule has 5 rings (SSSR count). The fraction of sp³-hybridized carbons (Fsp3) is 0.0833. The summed E-state index contributed by atoms with van der Waals surface area (Å²) in [6.45, 7) is 0. The average Bonchev–Trinajstić information content (AvgIpc) is 3.30. The second kappa shape index (κ2) is 6.63. The third kappa shape index (κ3) is 2.63. The molecule has 1 aliphatic heterocycles. The third-order valence-corrected chi connectivity index (χ3v) is 5.17. The van der Waals surface area contributed by atoms with Crippen LogP contribution in [-0.2, 0) is 9.53 Å². The van der Waals surface area contributed by atoms with Gasteiger partial charge < -0.3 is 14.2 Å². The van der Waals surface area contributed by atoms with E-state index in [1.54, 1.807) is 32.6 Å². The molecule has 0 spiro atoms. The molecule has 0 saturated heterocycles. The number of carbonyl (C=O) groups excluding carboxylic acids is 1. The Balaban J connectivity index is 1.71. The van der Waals surface area contributed by atoms with E-state index in [1.807, 2.05) is 48.5 Å². The zero-order valence-electron chi connectivity index (χ0n) is 15.9. The predicted molar refractivity (Wildman–Crippen MR) is 109 cm³/mol. The first-order valence-electron chi connectivity index (χ1n) is 9.17. The maximum absolute atomic E-state index is 12.9. The van der Waals surface area contributed by atoms with Gasteiger partial charge in [0.1, 0.15) is 17.3 Å². The first kappa shape index (κ1) is 17.3. The van der Waals surface area contributed by atoms with Crippen LogP contribution in [0.25, 0.3) is 22.6 Å². The Morgan fingerprint density at radius 1 is 0.862 bits per heavy atom. The number of nitrogens with zero attached hydrogens (tertiary/aromatic N) is 1. The highest BCUT2D eigenvalue weighted by Gasteiger charge is 2.33. The topological polar surface area (TPSA) is 57.7 Å². The van der Waals surface area contributed by atoms with E-state index in [2.05, 4.69) is 4.98 Å². The van der Waals surface area contributed by atoms with Crippen LogP contribution in [-0.4, -0.2) is 25.2 Å². The van der Waals surface area contributed by atoms with E-state index in [-0.39, 0.29) is 5.97 Å². The summed E-state index contributed by atoms with van der Waals surface area (Å²) in [5.41, 5.74) is 5.85. The number of carbonyl (C=O) groups is 1. The number of rotatable bonds is 3. The van der Waals surface area contributed by atoms with Gasteiger partial charge in [0.15, 0.2) is 0 Å². The molecule has 0 N–H and O–H groups in total. The summed E-state index contributed by atoms with van der Waals surface area (Å²) in [5, 5.41) is 0. The van der Waals surface area contributed by atoms with Crippen molar-refractivity contribution in [3.63, 3.8) is 0 Å². The zero-order valence-corrected chi connectivity index (χ0v) is 15.9. The lowest BCUT2D eigenvalue weighted by Crippen LogP contribution is -2.01. The lowest BCUT2D eigenvalue weighted by molar-refractivity contribution is -0.130. The molecule has 0 radical (unpaired) electrons. The summed E-state index contributed by atoms with van der Waals surface area (Å²) in [6, 6.07) is 17.2. The van der Waals surface area contributed by atoms with Gasteiger partial charge in [-0.3, -0.25) is 4.98 Å². The molecule has 1 aromatic heterocycles. The summed E-state index contributed by atoms with van der Waals surface area (Å²) in [4.78, 5) is 17.4. The summed E-state index contributed by atoms with van der Waals surface area (Å²) >= 11 is 0. The quantitative estimate of drug-likeness (QED) is 0.386. The first-order valence-corrected chi connectivity index (χ1v) is 9.17. The van der Waals surface area contributed by atoms with Crippen LogP contribution >= 0.6 is 0 Å². The summed E-state index contributed by atoms with van der Waals surface area (Å²) in [6.07, 6.45) is 3.54. The molecule has 2 aliphatic rings. The summed E-state index contributed by atoms with van der Waals surface area (Å²) in [7, 11) is 3.17. The highest BCUT2D eigenvalue weighted by atomic mass is 16.5. The molecular weight excluding hydrogens is 366 g/mol. The average molecular weight is 383 g/mol. The van der Waals surface area contributed by atoms with Crippen molar-refractivity contribution in [2.45, 2.75) is 0 Å². The fourth-order valence-electron chi connectivity index (χ4n) is 3.85. The maximum atomic E-state index is 12.9. The highest BCUT2D eigenvalue weighted by Crippen LogP contribution is 2.46. The van der Waals surface area contributed by atoms with Gasteiger partial charge in [-0.15, -0.1) is 0 Å². The van der Waals surface area contributed by atoms with Crippen LogP contribution < -0.4 is 9.47 Å². The van der Waals surface area contributed by atoms with E-state index >= 15 is 0 Å². The first-order chi connectivity index (χ1) is 14.2. The summed E-state index contributed by atoms with van der Waals surface area (Å²) < 4.78 is 16.4. The van der Waals surface area contributed by atoms with Gasteiger partial charge >= 0.3 is 5.97 Å². The molecule has 142 valence electrons. The molecule has 5 nitrogen and oxygen atoms in total. The van der Waals surface area contributed by atoms with E-state index in [4.69, 9.17) is 14.2 Å². The molecule has 0 saturated carbocycles. The third-order valence-electron chi connectivity index (χ3n) is 5.17. The number of methoxy groups -OCH3 is 2. The SMILES string of the molecule is COc1ccc(C2=C/C(=C3/c4ccccc4-c4ncccc43)C(=O)O2)c(OC)c1. The van der Waals surface area contributed by atoms with Gasteiger partial charge in [0.25, 0.3) is 0 Å². The minimum Gasteiger partial charge on any atom is -0.497 e. The van der Waals surface area contributed by atoms with Crippen molar-refractivity contribution in [1.82, 2.24) is 4.98 Å². The Kier molecular flexibility index (Phi) is 3.95. The van der Waals surface area contributed by atoms with Gasteiger partial charge in [-0.1, -0.05) is 30.3 Å². The molecule has 0 bridgehead atoms. The molecule has 0 amide bonds. The van der Waals surface area contributed by atoms with Crippen molar-refractivity contribution in [1.29, 1.82) is 0 Å². The number of cyclic esters (lactones) is 1. The normalized spacial score (nSPS) is 16.8. The van der Waals surface area contributed by atoms with Crippen molar-refractivity contribution >= 4 is 17.3 Å². The molecule has 2 aromatic carbocycles. The molecular formula is C24H17NO4. The van der Waals surface area contributed by atoms with Gasteiger partial charge in [-0.2, -0.15) is 0 Å². The Bertz CT molecular complexity index is 1180. The standard InChI is InChI=1S/C24H17NO4/c1-27-14-9-10-17(20(12-14)28-2)21-13-19(24(26)29-21)22-15-6-3-4-7-16(15)23-18(22)8-5-11-25-23/h3-13H,1-2H3/b22-19+. The smallest absolute Gasteiger partial charge is 0.344 e. The lowest BCUT2D eigenvalue weighted by Gasteiger charge is -2.10. The van der Waals surface area contributed by atoms with Gasteiger partial charge in [0, 0.05) is 29.0 Å². The second-order valence-electron chi connectivity index (χ2n) is 6.70. The monoisotopic (exact) mass is 383 g/mol. The van der Waals surface area contributed by atoms with Crippen LogP contribution in [0, 0.1) is 0 Å². The van der Waals surface area contributed by atoms with Crippen molar-refractivity contribution in [2.24, 2.45) is 0 Å². The Morgan fingerprint density at radius 2 is 1.66 bits per heavy atom. The van der Waals surface area contributed by atoms with Crippen LogP contribution in [0.1, 0.15) is 16.7 Å². The Morgan fingerprint density at radius 3 is 2.45 bits per heavy atom. The number of aromatic nitrogens is 1. The van der Waals surface area contributed by atoms with Crippen LogP contribution in [0.4, 0.5) is 0 Å². The van der Waals surface area contributed by atoms with E-state index < -0.39 is 0 Å².